The van der Waals surface area contributed by atoms with Crippen LogP contribution in [0.2, 0.25) is 0 Å². The van der Waals surface area contributed by atoms with Crippen molar-refractivity contribution in [2.75, 3.05) is 0 Å². The lowest BCUT2D eigenvalue weighted by molar-refractivity contribution is -0.123. The van der Waals surface area contributed by atoms with Crippen LogP contribution < -0.4 is 5.32 Å². The molecule has 0 atom stereocenters. The molecule has 0 bridgehead atoms. The first-order valence-corrected chi connectivity index (χ1v) is 4.32. The summed E-state index contributed by atoms with van der Waals surface area (Å²) in [6.07, 6.45) is 0. The monoisotopic (exact) mass is 187 g/mol. The van der Waals surface area contributed by atoms with Gasteiger partial charge in [0.25, 0.3) is 11.8 Å². The van der Waals surface area contributed by atoms with Gasteiger partial charge >= 0.3 is 0 Å². The Kier molecular flexibility index (Phi) is 1.93. The topological polar surface area (TPSA) is 46.2 Å². The van der Waals surface area contributed by atoms with Crippen molar-refractivity contribution < 1.29 is 9.59 Å². The van der Waals surface area contributed by atoms with Gasteiger partial charge in [0.15, 0.2) is 0 Å². The summed E-state index contributed by atoms with van der Waals surface area (Å²) in [5.41, 5.74) is 1.75. The molecule has 1 aromatic carbocycles. The van der Waals surface area contributed by atoms with Crippen molar-refractivity contribution >= 4 is 17.4 Å². The molecule has 0 saturated heterocycles. The third-order valence-electron chi connectivity index (χ3n) is 2.23. The van der Waals surface area contributed by atoms with Crippen LogP contribution in [0.3, 0.4) is 0 Å². The van der Waals surface area contributed by atoms with E-state index < -0.39 is 0 Å². The maximum Gasteiger partial charge on any atom is 0.259 e. The van der Waals surface area contributed by atoms with Crippen LogP contribution in [0.15, 0.2) is 35.9 Å². The molecule has 0 aromatic heterocycles. The van der Waals surface area contributed by atoms with Crippen LogP contribution in [-0.4, -0.2) is 11.8 Å². The normalized spacial score (nSPS) is 16.1. The number of carbonyl (C=O) groups excluding carboxylic acids is 2. The molecule has 0 unspecified atom stereocenters. The van der Waals surface area contributed by atoms with Crippen LogP contribution >= 0.6 is 0 Å². The van der Waals surface area contributed by atoms with Gasteiger partial charge < -0.3 is 0 Å². The highest BCUT2D eigenvalue weighted by molar-refractivity contribution is 6.35. The third kappa shape index (κ3) is 1.23. The lowest BCUT2D eigenvalue weighted by atomic mass is 10.0. The van der Waals surface area contributed by atoms with E-state index >= 15 is 0 Å². The van der Waals surface area contributed by atoms with Gasteiger partial charge in [0.05, 0.1) is 5.57 Å². The maximum atomic E-state index is 11.4. The molecule has 3 nitrogen and oxygen atoms in total. The van der Waals surface area contributed by atoms with E-state index in [1.165, 1.54) is 0 Å². The molecule has 1 aliphatic heterocycles. The largest absolute Gasteiger partial charge is 0.288 e. The second-order valence-electron chi connectivity index (χ2n) is 3.15. The van der Waals surface area contributed by atoms with Crippen LogP contribution in [0.1, 0.15) is 12.5 Å². The molecule has 0 saturated carbocycles. The number of imide groups is 1. The molecule has 0 fully saturated rings. The fourth-order valence-corrected chi connectivity index (χ4v) is 1.50. The zero-order chi connectivity index (χ0) is 10.1. The molecule has 1 heterocycles. The first kappa shape index (κ1) is 8.69. The van der Waals surface area contributed by atoms with E-state index in [1.54, 1.807) is 6.92 Å². The Balaban J connectivity index is 2.54. The lowest BCUT2D eigenvalue weighted by Gasteiger charge is -1.99. The van der Waals surface area contributed by atoms with Gasteiger partial charge in [-0.2, -0.15) is 0 Å². The van der Waals surface area contributed by atoms with E-state index in [4.69, 9.17) is 0 Å². The summed E-state index contributed by atoms with van der Waals surface area (Å²) in [5, 5.41) is 2.26. The molecule has 14 heavy (non-hydrogen) atoms. The van der Waals surface area contributed by atoms with Crippen molar-refractivity contribution in [3.05, 3.63) is 41.5 Å². The second-order valence-corrected chi connectivity index (χ2v) is 3.15. The number of carbonyl (C=O) groups is 2. The van der Waals surface area contributed by atoms with E-state index in [9.17, 15) is 9.59 Å². The Bertz CT molecular complexity index is 432. The Labute approximate surface area is 81.4 Å². The molecule has 1 aliphatic rings. The highest BCUT2D eigenvalue weighted by Crippen LogP contribution is 2.22. The van der Waals surface area contributed by atoms with Gasteiger partial charge in [-0.25, -0.2) is 0 Å². The molecule has 1 N–H and O–H groups in total. The smallest absolute Gasteiger partial charge is 0.259 e. The Morgan fingerprint density at radius 1 is 1.00 bits per heavy atom. The highest BCUT2D eigenvalue weighted by atomic mass is 16.2. The minimum absolute atomic E-state index is 0.297. The predicted molar refractivity (Wildman–Crippen MR) is 52.2 cm³/mol. The number of nitrogens with one attached hydrogen (secondary N) is 1. The summed E-state index contributed by atoms with van der Waals surface area (Å²) >= 11 is 0. The van der Waals surface area contributed by atoms with Crippen LogP contribution in [0.25, 0.3) is 5.57 Å². The van der Waals surface area contributed by atoms with E-state index in [1.807, 2.05) is 30.3 Å². The summed E-state index contributed by atoms with van der Waals surface area (Å²) in [4.78, 5) is 22.6. The quantitative estimate of drug-likeness (QED) is 0.669. The van der Waals surface area contributed by atoms with Crippen LogP contribution in [0.4, 0.5) is 0 Å². The van der Waals surface area contributed by atoms with E-state index in [2.05, 4.69) is 5.32 Å². The van der Waals surface area contributed by atoms with Crippen molar-refractivity contribution in [3.8, 4) is 0 Å². The van der Waals surface area contributed by atoms with Gasteiger partial charge in [0, 0.05) is 5.57 Å². The number of amides is 2. The Morgan fingerprint density at radius 3 is 2.14 bits per heavy atom. The van der Waals surface area contributed by atoms with Crippen molar-refractivity contribution in [1.29, 1.82) is 0 Å². The van der Waals surface area contributed by atoms with Gasteiger partial charge in [-0.15, -0.1) is 0 Å². The van der Waals surface area contributed by atoms with Crippen LogP contribution in [0.5, 0.6) is 0 Å². The molecule has 1 aromatic rings. The highest BCUT2D eigenvalue weighted by Gasteiger charge is 2.27. The summed E-state index contributed by atoms with van der Waals surface area (Å²) in [5.74, 6) is -0.604. The van der Waals surface area contributed by atoms with Gasteiger partial charge in [-0.05, 0) is 12.5 Å². The first-order chi connectivity index (χ1) is 6.70. The van der Waals surface area contributed by atoms with Crippen LogP contribution in [0, 0.1) is 0 Å². The summed E-state index contributed by atoms with van der Waals surface area (Å²) in [7, 11) is 0. The number of benzene rings is 1. The molecular formula is C11H9NO2. The fraction of sp³-hybridized carbons (Fsp3) is 0.0909. The maximum absolute atomic E-state index is 11.4. The zero-order valence-corrected chi connectivity index (χ0v) is 7.70. The fourth-order valence-electron chi connectivity index (χ4n) is 1.50. The van der Waals surface area contributed by atoms with Gasteiger partial charge in [0.1, 0.15) is 0 Å². The van der Waals surface area contributed by atoms with Crippen molar-refractivity contribution in [2.24, 2.45) is 0 Å². The summed E-state index contributed by atoms with van der Waals surface area (Å²) in [6, 6.07) is 9.18. The molecule has 70 valence electrons. The Morgan fingerprint density at radius 2 is 1.64 bits per heavy atom. The van der Waals surface area contributed by atoms with Crippen molar-refractivity contribution in [3.63, 3.8) is 0 Å². The molecule has 0 radical (unpaired) electrons. The molecule has 3 heteroatoms. The molecule has 2 rings (SSSR count). The average Bonchev–Trinajstić information content (AvgIpc) is 2.43. The lowest BCUT2D eigenvalue weighted by Crippen LogP contribution is -2.22. The van der Waals surface area contributed by atoms with Crippen molar-refractivity contribution in [1.82, 2.24) is 5.32 Å². The van der Waals surface area contributed by atoms with E-state index in [0.29, 0.717) is 11.1 Å². The van der Waals surface area contributed by atoms with Crippen molar-refractivity contribution in [2.45, 2.75) is 6.92 Å². The summed E-state index contributed by atoms with van der Waals surface area (Å²) in [6.45, 7) is 1.66. The van der Waals surface area contributed by atoms with Gasteiger partial charge in [-0.1, -0.05) is 30.3 Å². The van der Waals surface area contributed by atoms with E-state index in [0.717, 1.165) is 5.56 Å². The first-order valence-electron chi connectivity index (χ1n) is 4.32. The minimum atomic E-state index is -0.307. The van der Waals surface area contributed by atoms with Gasteiger partial charge in [-0.3, -0.25) is 14.9 Å². The SMILES string of the molecule is CC1=C(c2ccccc2)C(=O)NC1=O. The zero-order valence-electron chi connectivity index (χ0n) is 7.70. The number of rotatable bonds is 1. The number of hydrogen-bond donors (Lipinski definition) is 1. The average molecular weight is 187 g/mol. The molecule has 2 amide bonds. The third-order valence-corrected chi connectivity index (χ3v) is 2.23. The van der Waals surface area contributed by atoms with E-state index in [-0.39, 0.29) is 11.8 Å². The standard InChI is InChI=1S/C11H9NO2/c1-7-9(11(14)12-10(7)13)8-5-3-2-4-6-8/h2-6H,1H3,(H,12,13,14). The number of hydrogen-bond acceptors (Lipinski definition) is 2. The Hall–Kier alpha value is -1.90. The predicted octanol–water partition coefficient (Wildman–Crippen LogP) is 1.12. The summed E-state index contributed by atoms with van der Waals surface area (Å²) < 4.78 is 0. The molecule has 0 spiro atoms. The molecule has 0 aliphatic carbocycles. The van der Waals surface area contributed by atoms with Crippen LogP contribution in [-0.2, 0) is 9.59 Å². The molecular weight excluding hydrogens is 178 g/mol. The second kappa shape index (κ2) is 3.10. The van der Waals surface area contributed by atoms with Gasteiger partial charge in [0.2, 0.25) is 0 Å². The minimum Gasteiger partial charge on any atom is -0.288 e.